The van der Waals surface area contributed by atoms with Gasteiger partial charge in [0.05, 0.1) is 16.9 Å². The summed E-state index contributed by atoms with van der Waals surface area (Å²) in [6, 6.07) is 5.20. The van der Waals surface area contributed by atoms with Gasteiger partial charge in [-0.1, -0.05) is 18.2 Å². The molecule has 1 rings (SSSR count). The van der Waals surface area contributed by atoms with Crippen LogP contribution in [0.3, 0.4) is 0 Å². The summed E-state index contributed by atoms with van der Waals surface area (Å²) in [5.74, 6) is -1.85. The zero-order valence-corrected chi connectivity index (χ0v) is 14.7. The minimum atomic E-state index is -1.01. The molecule has 6 heteroatoms. The lowest BCUT2D eigenvalue weighted by Crippen LogP contribution is -2.29. The van der Waals surface area contributed by atoms with Gasteiger partial charge in [0, 0.05) is 6.54 Å². The molecule has 0 saturated heterocycles. The summed E-state index contributed by atoms with van der Waals surface area (Å²) in [5, 5.41) is 28.7. The molecule has 0 aliphatic heterocycles. The van der Waals surface area contributed by atoms with Crippen molar-refractivity contribution in [3.05, 3.63) is 34.9 Å². The van der Waals surface area contributed by atoms with Crippen LogP contribution in [-0.2, 0) is 22.4 Å². The summed E-state index contributed by atoms with van der Waals surface area (Å²) in [5.41, 5.74) is 5.60. The molecule has 0 heterocycles. The van der Waals surface area contributed by atoms with Gasteiger partial charge in [-0.15, -0.1) is 0 Å². The van der Waals surface area contributed by atoms with Crippen molar-refractivity contribution in [2.75, 3.05) is 6.54 Å². The molecule has 1 atom stereocenters. The smallest absolute Gasteiger partial charge is 0.309 e. The maximum atomic E-state index is 11.4. The van der Waals surface area contributed by atoms with Gasteiger partial charge in [0.1, 0.15) is 0 Å². The highest BCUT2D eigenvalue weighted by Crippen LogP contribution is 2.31. The van der Waals surface area contributed by atoms with E-state index in [4.69, 9.17) is 5.73 Å². The topological polar surface area (TPSA) is 121 Å². The van der Waals surface area contributed by atoms with E-state index >= 15 is 0 Å². The highest BCUT2D eigenvalue weighted by atomic mass is 16.4. The number of carboxylic acids is 2. The molecule has 0 bridgehead atoms. The number of hydrogen-bond donors (Lipinski definition) is 4. The van der Waals surface area contributed by atoms with E-state index < -0.39 is 28.9 Å². The molecule has 5 N–H and O–H groups in total. The van der Waals surface area contributed by atoms with Crippen molar-refractivity contribution in [2.45, 2.75) is 46.6 Å². The Morgan fingerprint density at radius 1 is 1.00 bits per heavy atom. The Hall–Kier alpha value is -1.92. The lowest BCUT2D eigenvalue weighted by molar-refractivity contribution is -0.147. The average molecular weight is 337 g/mol. The minimum Gasteiger partial charge on any atom is -0.481 e. The van der Waals surface area contributed by atoms with Gasteiger partial charge in [0.15, 0.2) is 0 Å². The molecule has 0 aliphatic rings. The molecule has 0 saturated carbocycles. The van der Waals surface area contributed by atoms with Gasteiger partial charge in [0.25, 0.3) is 0 Å². The second kappa shape index (κ2) is 7.32. The average Bonchev–Trinajstić information content (AvgIpc) is 2.47. The molecule has 0 aliphatic carbocycles. The number of rotatable bonds is 8. The number of aliphatic hydroxyl groups is 1. The maximum absolute atomic E-state index is 11.4. The Morgan fingerprint density at radius 3 is 1.88 bits per heavy atom. The predicted octanol–water partition coefficient (Wildman–Crippen LogP) is 1.99. The van der Waals surface area contributed by atoms with E-state index in [1.807, 2.05) is 0 Å². The lowest BCUT2D eigenvalue weighted by atomic mass is 9.79. The van der Waals surface area contributed by atoms with Crippen molar-refractivity contribution in [2.24, 2.45) is 16.6 Å². The second-order valence-corrected chi connectivity index (χ2v) is 7.51. The van der Waals surface area contributed by atoms with Gasteiger partial charge < -0.3 is 21.1 Å². The highest BCUT2D eigenvalue weighted by Gasteiger charge is 2.32. The van der Waals surface area contributed by atoms with Crippen molar-refractivity contribution in [3.63, 3.8) is 0 Å². The fraction of sp³-hybridized carbons (Fsp3) is 0.556. The highest BCUT2D eigenvalue weighted by molar-refractivity contribution is 5.75. The van der Waals surface area contributed by atoms with Gasteiger partial charge in [-0.2, -0.15) is 0 Å². The van der Waals surface area contributed by atoms with E-state index in [-0.39, 0.29) is 19.4 Å². The van der Waals surface area contributed by atoms with Crippen LogP contribution in [0.2, 0.25) is 0 Å². The molecule has 6 nitrogen and oxygen atoms in total. The third kappa shape index (κ3) is 4.79. The van der Waals surface area contributed by atoms with Crippen LogP contribution in [0.1, 0.15) is 50.5 Å². The fourth-order valence-corrected chi connectivity index (χ4v) is 2.43. The second-order valence-electron chi connectivity index (χ2n) is 7.51. The molecule has 0 amide bonds. The van der Waals surface area contributed by atoms with E-state index in [1.165, 1.54) is 0 Å². The first-order valence-electron chi connectivity index (χ1n) is 7.87. The third-order valence-corrected chi connectivity index (χ3v) is 4.26. The molecular weight excluding hydrogens is 310 g/mol. The Kier molecular flexibility index (Phi) is 6.14. The van der Waals surface area contributed by atoms with E-state index in [9.17, 15) is 24.9 Å². The van der Waals surface area contributed by atoms with Crippen LogP contribution in [0.5, 0.6) is 0 Å². The van der Waals surface area contributed by atoms with E-state index in [0.717, 1.165) is 11.1 Å². The molecule has 0 aromatic heterocycles. The Morgan fingerprint density at radius 2 is 1.46 bits per heavy atom. The zero-order valence-electron chi connectivity index (χ0n) is 14.7. The van der Waals surface area contributed by atoms with Gasteiger partial charge in [-0.25, -0.2) is 0 Å². The van der Waals surface area contributed by atoms with Crippen LogP contribution in [-0.4, -0.2) is 33.8 Å². The first-order valence-corrected chi connectivity index (χ1v) is 7.87. The van der Waals surface area contributed by atoms with Crippen molar-refractivity contribution < 1.29 is 24.9 Å². The number of hydrogen-bond acceptors (Lipinski definition) is 4. The van der Waals surface area contributed by atoms with Crippen molar-refractivity contribution in [3.8, 4) is 0 Å². The maximum Gasteiger partial charge on any atom is 0.309 e. The molecule has 0 spiro atoms. The van der Waals surface area contributed by atoms with Crippen molar-refractivity contribution in [1.82, 2.24) is 0 Å². The molecule has 1 aromatic rings. The molecular formula is C18H27NO5. The Bertz CT molecular complexity index is 622. The van der Waals surface area contributed by atoms with Crippen LogP contribution in [0.25, 0.3) is 0 Å². The quantitative estimate of drug-likeness (QED) is 0.575. The van der Waals surface area contributed by atoms with E-state index in [2.05, 4.69) is 0 Å². The molecule has 1 aromatic carbocycles. The van der Waals surface area contributed by atoms with Gasteiger partial charge in [-0.05, 0) is 57.2 Å². The third-order valence-electron chi connectivity index (χ3n) is 4.26. The number of aliphatic hydroxyl groups excluding tert-OH is 1. The predicted molar refractivity (Wildman–Crippen MR) is 90.7 cm³/mol. The fourth-order valence-electron chi connectivity index (χ4n) is 2.43. The molecule has 24 heavy (non-hydrogen) atoms. The number of aliphatic carboxylic acids is 2. The monoisotopic (exact) mass is 337 g/mol. The first kappa shape index (κ1) is 20.1. The first-order chi connectivity index (χ1) is 10.9. The summed E-state index contributed by atoms with van der Waals surface area (Å²) in [7, 11) is 0. The number of carbonyl (C=O) groups is 2. The number of carboxylic acid groups (broad SMARTS) is 2. The number of benzene rings is 1. The Balaban J connectivity index is 3.32. The van der Waals surface area contributed by atoms with Gasteiger partial charge in [0.2, 0.25) is 0 Å². The van der Waals surface area contributed by atoms with Crippen molar-refractivity contribution in [1.29, 1.82) is 0 Å². The molecule has 0 radical (unpaired) electrons. The number of nitrogens with two attached hydrogens (primary N) is 1. The van der Waals surface area contributed by atoms with E-state index in [0.29, 0.717) is 5.56 Å². The summed E-state index contributed by atoms with van der Waals surface area (Å²) in [4.78, 5) is 22.8. The molecule has 134 valence electrons. The lowest BCUT2D eigenvalue weighted by Gasteiger charge is -2.25. The SMILES string of the molecule is CC(C)(Cc1ccc(C(O)CN)cc1CC(C)(C)C(=O)O)C(=O)O. The normalized spacial score (nSPS) is 13.6. The van der Waals surface area contributed by atoms with Crippen molar-refractivity contribution >= 4 is 11.9 Å². The molecule has 1 unspecified atom stereocenters. The van der Waals surface area contributed by atoms with Crippen LogP contribution in [0, 0.1) is 10.8 Å². The summed E-state index contributed by atoms with van der Waals surface area (Å²) < 4.78 is 0. The largest absolute Gasteiger partial charge is 0.481 e. The zero-order chi connectivity index (χ0) is 18.7. The van der Waals surface area contributed by atoms with Gasteiger partial charge in [-0.3, -0.25) is 9.59 Å². The van der Waals surface area contributed by atoms with Crippen LogP contribution < -0.4 is 5.73 Å². The van der Waals surface area contributed by atoms with Crippen LogP contribution in [0.4, 0.5) is 0 Å². The Labute approximate surface area is 142 Å². The summed E-state index contributed by atoms with van der Waals surface area (Å²) in [6.45, 7) is 6.55. The van der Waals surface area contributed by atoms with Gasteiger partial charge >= 0.3 is 11.9 Å². The standard InChI is InChI=1S/C18H27NO5/c1-17(2,15(21)22)8-12-6-5-11(14(20)10-19)7-13(12)9-18(3,4)16(23)24/h5-7,14,20H,8-10,19H2,1-4H3,(H,21,22)(H,23,24). The van der Waals surface area contributed by atoms with Crippen LogP contribution >= 0.6 is 0 Å². The summed E-state index contributed by atoms with van der Waals surface area (Å²) >= 11 is 0. The van der Waals surface area contributed by atoms with Crippen LogP contribution in [0.15, 0.2) is 18.2 Å². The van der Waals surface area contributed by atoms with E-state index in [1.54, 1.807) is 45.9 Å². The summed E-state index contributed by atoms with van der Waals surface area (Å²) in [6.07, 6.45) is -0.330. The minimum absolute atomic E-state index is 0.0573. The molecule has 0 fully saturated rings.